The first-order valence-corrected chi connectivity index (χ1v) is 9.25. The van der Waals surface area contributed by atoms with Crippen LogP contribution in [0.5, 0.6) is 0 Å². The summed E-state index contributed by atoms with van der Waals surface area (Å²) in [7, 11) is -2.39. The van der Waals surface area contributed by atoms with Gasteiger partial charge in [-0.2, -0.15) is 0 Å². The zero-order valence-electron chi connectivity index (χ0n) is 11.4. The molecule has 3 aliphatic heterocycles. The molecular weight excluding hydrogens is 245 g/mol. The van der Waals surface area contributed by atoms with Crippen LogP contribution in [-0.4, -0.2) is 53.3 Å². The Kier molecular flexibility index (Phi) is 4.09. The van der Waals surface area contributed by atoms with Crippen molar-refractivity contribution < 1.29 is 4.57 Å². The predicted octanol–water partition coefficient (Wildman–Crippen LogP) is 2.77. The predicted molar refractivity (Wildman–Crippen MR) is 74.6 cm³/mol. The molecule has 3 saturated heterocycles. The molecule has 0 saturated carbocycles. The summed E-state index contributed by atoms with van der Waals surface area (Å²) in [6, 6.07) is 0. The van der Waals surface area contributed by atoms with E-state index in [2.05, 4.69) is 14.0 Å². The fourth-order valence-electron chi connectivity index (χ4n) is 3.60. The van der Waals surface area contributed by atoms with Gasteiger partial charge in [-0.25, -0.2) is 14.0 Å². The maximum atomic E-state index is 13.8. The van der Waals surface area contributed by atoms with Crippen molar-refractivity contribution in [1.29, 1.82) is 0 Å². The van der Waals surface area contributed by atoms with E-state index in [4.69, 9.17) is 0 Å². The Morgan fingerprint density at radius 1 is 0.500 bits per heavy atom. The zero-order chi connectivity index (χ0) is 12.4. The van der Waals surface area contributed by atoms with E-state index in [9.17, 15) is 4.57 Å². The van der Waals surface area contributed by atoms with E-state index in [0.717, 1.165) is 39.3 Å². The summed E-state index contributed by atoms with van der Waals surface area (Å²) in [5.41, 5.74) is 0. The van der Waals surface area contributed by atoms with Gasteiger partial charge in [0.2, 0.25) is 0 Å². The minimum atomic E-state index is -2.39. The molecule has 0 bridgehead atoms. The van der Waals surface area contributed by atoms with Crippen molar-refractivity contribution in [2.24, 2.45) is 0 Å². The highest BCUT2D eigenvalue weighted by molar-refractivity contribution is 7.56. The fourth-order valence-corrected chi connectivity index (χ4v) is 7.08. The van der Waals surface area contributed by atoms with E-state index in [0.29, 0.717) is 0 Å². The lowest BCUT2D eigenvalue weighted by molar-refractivity contribution is 0.270. The van der Waals surface area contributed by atoms with Crippen molar-refractivity contribution in [1.82, 2.24) is 14.0 Å². The molecule has 0 atom stereocenters. The van der Waals surface area contributed by atoms with Crippen LogP contribution in [0.2, 0.25) is 0 Å². The third kappa shape index (κ3) is 2.29. The number of nitrogens with zero attached hydrogens (tertiary/aromatic N) is 3. The molecule has 5 heteroatoms. The van der Waals surface area contributed by atoms with E-state index < -0.39 is 7.59 Å². The number of piperidine rings is 1. The van der Waals surface area contributed by atoms with Crippen LogP contribution in [0.15, 0.2) is 0 Å². The summed E-state index contributed by atoms with van der Waals surface area (Å²) in [6.45, 7) is 6.28. The summed E-state index contributed by atoms with van der Waals surface area (Å²) in [4.78, 5) is 0. The molecular formula is C13H26N3OP. The van der Waals surface area contributed by atoms with E-state index >= 15 is 0 Å². The van der Waals surface area contributed by atoms with Crippen LogP contribution in [0, 0.1) is 0 Å². The first kappa shape index (κ1) is 13.1. The van der Waals surface area contributed by atoms with Gasteiger partial charge in [0.1, 0.15) is 0 Å². The van der Waals surface area contributed by atoms with Gasteiger partial charge < -0.3 is 0 Å². The standard InChI is InChI=1S/C13H26N3OP/c17-18(15-10-4-5-11-15,16-12-6-7-13-16)14-8-2-1-3-9-14/h1-13H2. The van der Waals surface area contributed by atoms with Gasteiger partial charge in [-0.1, -0.05) is 6.42 Å². The van der Waals surface area contributed by atoms with Gasteiger partial charge >= 0.3 is 0 Å². The van der Waals surface area contributed by atoms with Crippen molar-refractivity contribution in [3.63, 3.8) is 0 Å². The Balaban J connectivity index is 1.83. The molecule has 3 rings (SSSR count). The summed E-state index contributed by atoms with van der Waals surface area (Å²) >= 11 is 0. The molecule has 0 aromatic carbocycles. The van der Waals surface area contributed by atoms with Gasteiger partial charge in [-0.3, -0.25) is 4.57 Å². The first-order chi connectivity index (χ1) is 8.82. The summed E-state index contributed by atoms with van der Waals surface area (Å²) in [5, 5.41) is 0. The third-order valence-electron chi connectivity index (χ3n) is 4.60. The second-order valence-electron chi connectivity index (χ2n) is 5.85. The van der Waals surface area contributed by atoms with Gasteiger partial charge in [0.05, 0.1) is 0 Å². The van der Waals surface area contributed by atoms with Gasteiger partial charge in [-0.15, -0.1) is 0 Å². The summed E-state index contributed by atoms with van der Waals surface area (Å²) < 4.78 is 20.7. The van der Waals surface area contributed by atoms with Crippen molar-refractivity contribution >= 4 is 7.59 Å². The maximum absolute atomic E-state index is 13.8. The fraction of sp³-hybridized carbons (Fsp3) is 1.00. The van der Waals surface area contributed by atoms with Crippen LogP contribution in [0.3, 0.4) is 0 Å². The zero-order valence-corrected chi connectivity index (χ0v) is 12.3. The van der Waals surface area contributed by atoms with Crippen LogP contribution in [-0.2, 0) is 4.57 Å². The Labute approximate surface area is 111 Å². The van der Waals surface area contributed by atoms with E-state index in [1.54, 1.807) is 0 Å². The average molecular weight is 271 g/mol. The van der Waals surface area contributed by atoms with Gasteiger partial charge in [-0.05, 0) is 38.5 Å². The smallest absolute Gasteiger partial charge is 0.270 e. The van der Waals surface area contributed by atoms with E-state index in [-0.39, 0.29) is 0 Å². The third-order valence-corrected chi connectivity index (χ3v) is 8.01. The lowest BCUT2D eigenvalue weighted by Gasteiger charge is -2.43. The van der Waals surface area contributed by atoms with Gasteiger partial charge in [0, 0.05) is 39.3 Å². The van der Waals surface area contributed by atoms with E-state index in [1.165, 1.54) is 44.9 Å². The molecule has 0 spiro atoms. The van der Waals surface area contributed by atoms with Crippen LogP contribution in [0.4, 0.5) is 0 Å². The quantitative estimate of drug-likeness (QED) is 0.737. The highest BCUT2D eigenvalue weighted by Crippen LogP contribution is 2.59. The second kappa shape index (κ2) is 5.62. The molecule has 18 heavy (non-hydrogen) atoms. The molecule has 0 N–H and O–H groups in total. The Bertz CT molecular complexity index is 298. The molecule has 3 aliphatic rings. The van der Waals surface area contributed by atoms with Crippen molar-refractivity contribution in [3.05, 3.63) is 0 Å². The molecule has 3 heterocycles. The Morgan fingerprint density at radius 3 is 1.11 bits per heavy atom. The molecule has 0 radical (unpaired) electrons. The normalized spacial score (nSPS) is 29.1. The van der Waals surface area contributed by atoms with Crippen molar-refractivity contribution in [2.75, 3.05) is 39.3 Å². The number of rotatable bonds is 3. The minimum absolute atomic E-state index is 1.05. The maximum Gasteiger partial charge on any atom is 0.286 e. The highest BCUT2D eigenvalue weighted by atomic mass is 31.2. The summed E-state index contributed by atoms with van der Waals surface area (Å²) in [5.74, 6) is 0. The SMILES string of the molecule is O=P(N1CCCCC1)(N1CCCC1)N1CCCC1. The van der Waals surface area contributed by atoms with Crippen molar-refractivity contribution in [2.45, 2.75) is 44.9 Å². The topological polar surface area (TPSA) is 26.8 Å². The molecule has 0 aromatic rings. The monoisotopic (exact) mass is 271 g/mol. The molecule has 0 aromatic heterocycles. The van der Waals surface area contributed by atoms with Crippen LogP contribution < -0.4 is 0 Å². The van der Waals surface area contributed by atoms with Crippen LogP contribution >= 0.6 is 7.59 Å². The highest BCUT2D eigenvalue weighted by Gasteiger charge is 2.44. The molecule has 4 nitrogen and oxygen atoms in total. The van der Waals surface area contributed by atoms with E-state index in [1.807, 2.05) is 0 Å². The minimum Gasteiger partial charge on any atom is -0.270 e. The Morgan fingerprint density at radius 2 is 0.778 bits per heavy atom. The molecule has 0 aliphatic carbocycles. The first-order valence-electron chi connectivity index (χ1n) is 7.68. The number of hydrogen-bond donors (Lipinski definition) is 0. The molecule has 0 amide bonds. The largest absolute Gasteiger partial charge is 0.286 e. The van der Waals surface area contributed by atoms with Crippen molar-refractivity contribution in [3.8, 4) is 0 Å². The molecule has 0 unspecified atom stereocenters. The lowest BCUT2D eigenvalue weighted by Crippen LogP contribution is -2.41. The van der Waals surface area contributed by atoms with Gasteiger partial charge in [0.15, 0.2) is 0 Å². The van der Waals surface area contributed by atoms with Crippen LogP contribution in [0.25, 0.3) is 0 Å². The second-order valence-corrected chi connectivity index (χ2v) is 8.57. The molecule has 3 fully saturated rings. The van der Waals surface area contributed by atoms with Gasteiger partial charge in [0.25, 0.3) is 7.59 Å². The average Bonchev–Trinajstić information content (AvgIpc) is 3.12. The number of hydrogen-bond acceptors (Lipinski definition) is 1. The van der Waals surface area contributed by atoms with Crippen LogP contribution in [0.1, 0.15) is 44.9 Å². The Hall–Kier alpha value is 0.110. The molecule has 104 valence electrons. The summed E-state index contributed by atoms with van der Waals surface area (Å²) in [6.07, 6.45) is 8.68. The lowest BCUT2D eigenvalue weighted by atomic mass is 10.2.